The van der Waals surface area contributed by atoms with Gasteiger partial charge in [-0.2, -0.15) is 0 Å². The molecule has 134 valence electrons. The maximum absolute atomic E-state index is 12.2. The van der Waals surface area contributed by atoms with Crippen LogP contribution in [0.25, 0.3) is 0 Å². The molecular weight excluding hydrogens is 344 g/mol. The lowest BCUT2D eigenvalue weighted by atomic mass is 10.2. The van der Waals surface area contributed by atoms with Gasteiger partial charge < -0.3 is 20.4 Å². The molecule has 1 aliphatic carbocycles. The molecule has 0 radical (unpaired) electrons. The van der Waals surface area contributed by atoms with E-state index in [0.717, 1.165) is 18.5 Å². The number of anilines is 1. The van der Waals surface area contributed by atoms with Crippen LogP contribution in [0.15, 0.2) is 24.3 Å². The topological polar surface area (TPSA) is 81.8 Å². The average Bonchev–Trinajstić information content (AvgIpc) is 3.43. The zero-order chi connectivity index (χ0) is 17.8. The normalized spacial score (nSPS) is 17.2. The molecule has 3 amide bonds. The monoisotopic (exact) mass is 364 g/mol. The molecular formula is C17H21ClN4O3. The van der Waals surface area contributed by atoms with Gasteiger partial charge in [0, 0.05) is 42.9 Å². The smallest absolute Gasteiger partial charge is 0.309 e. The van der Waals surface area contributed by atoms with Crippen molar-refractivity contribution in [3.05, 3.63) is 29.3 Å². The molecule has 1 aromatic carbocycles. The highest BCUT2D eigenvalue weighted by atomic mass is 35.5. The van der Waals surface area contributed by atoms with Gasteiger partial charge >= 0.3 is 11.8 Å². The molecule has 25 heavy (non-hydrogen) atoms. The van der Waals surface area contributed by atoms with Gasteiger partial charge in [0.05, 0.1) is 6.54 Å². The Morgan fingerprint density at radius 3 is 2.44 bits per heavy atom. The van der Waals surface area contributed by atoms with Crippen LogP contribution in [0.4, 0.5) is 5.69 Å². The number of halogens is 1. The quantitative estimate of drug-likeness (QED) is 0.757. The number of hydrogen-bond acceptors (Lipinski definition) is 4. The Morgan fingerprint density at radius 2 is 1.80 bits per heavy atom. The van der Waals surface area contributed by atoms with Crippen molar-refractivity contribution in [1.82, 2.24) is 15.5 Å². The molecule has 1 saturated carbocycles. The number of rotatable bonds is 4. The molecule has 0 aromatic heterocycles. The fraction of sp³-hybridized carbons (Fsp3) is 0.471. The van der Waals surface area contributed by atoms with Crippen molar-refractivity contribution in [3.63, 3.8) is 0 Å². The number of amides is 3. The van der Waals surface area contributed by atoms with Gasteiger partial charge in [0.2, 0.25) is 5.91 Å². The molecule has 1 heterocycles. The van der Waals surface area contributed by atoms with E-state index in [9.17, 15) is 14.4 Å². The fourth-order valence-corrected chi connectivity index (χ4v) is 2.90. The highest BCUT2D eigenvalue weighted by Gasteiger charge is 2.27. The maximum atomic E-state index is 12.2. The minimum absolute atomic E-state index is 0.119. The van der Waals surface area contributed by atoms with Crippen molar-refractivity contribution in [2.24, 2.45) is 0 Å². The van der Waals surface area contributed by atoms with Crippen molar-refractivity contribution in [1.29, 1.82) is 0 Å². The molecule has 0 unspecified atom stereocenters. The summed E-state index contributed by atoms with van der Waals surface area (Å²) in [5, 5.41) is 5.67. The largest absolute Gasteiger partial charge is 0.368 e. The summed E-state index contributed by atoms with van der Waals surface area (Å²) in [5.41, 5.74) is 1.03. The van der Waals surface area contributed by atoms with Crippen LogP contribution in [0.1, 0.15) is 12.8 Å². The lowest BCUT2D eigenvalue weighted by Crippen LogP contribution is -2.52. The molecule has 2 aliphatic rings. The lowest BCUT2D eigenvalue weighted by molar-refractivity contribution is -0.140. The Bertz CT molecular complexity index is 670. The lowest BCUT2D eigenvalue weighted by Gasteiger charge is -2.36. The SMILES string of the molecule is O=C(NCC(=O)N1CCN(c2cccc(Cl)c2)CC1)C(=O)NC1CC1. The van der Waals surface area contributed by atoms with Crippen LogP contribution in [0, 0.1) is 0 Å². The van der Waals surface area contributed by atoms with E-state index in [1.165, 1.54) is 0 Å². The van der Waals surface area contributed by atoms with E-state index in [1.807, 2.05) is 24.3 Å². The summed E-state index contributed by atoms with van der Waals surface area (Å²) in [6.45, 7) is 2.36. The molecule has 1 aliphatic heterocycles. The summed E-state index contributed by atoms with van der Waals surface area (Å²) >= 11 is 6.01. The molecule has 0 spiro atoms. The molecule has 1 aromatic rings. The minimum Gasteiger partial charge on any atom is -0.368 e. The van der Waals surface area contributed by atoms with E-state index in [0.29, 0.717) is 31.2 Å². The molecule has 8 heteroatoms. The van der Waals surface area contributed by atoms with Crippen molar-refractivity contribution in [2.75, 3.05) is 37.6 Å². The Kier molecular flexibility index (Phi) is 5.43. The van der Waals surface area contributed by atoms with Gasteiger partial charge in [0.15, 0.2) is 0 Å². The number of carbonyl (C=O) groups is 3. The Labute approximate surface area is 151 Å². The molecule has 0 bridgehead atoms. The summed E-state index contributed by atoms with van der Waals surface area (Å²) in [6.07, 6.45) is 1.82. The van der Waals surface area contributed by atoms with E-state index < -0.39 is 11.8 Å². The average molecular weight is 365 g/mol. The van der Waals surface area contributed by atoms with Gasteiger partial charge in [0.1, 0.15) is 0 Å². The van der Waals surface area contributed by atoms with E-state index in [4.69, 9.17) is 11.6 Å². The number of hydrogen-bond donors (Lipinski definition) is 2. The van der Waals surface area contributed by atoms with Crippen molar-refractivity contribution >= 4 is 35.0 Å². The summed E-state index contributed by atoms with van der Waals surface area (Å²) in [5.74, 6) is -1.60. The highest BCUT2D eigenvalue weighted by molar-refractivity contribution is 6.35. The third kappa shape index (κ3) is 4.85. The third-order valence-corrected chi connectivity index (χ3v) is 4.56. The second-order valence-electron chi connectivity index (χ2n) is 6.28. The van der Waals surface area contributed by atoms with Crippen LogP contribution in [0.5, 0.6) is 0 Å². The Morgan fingerprint density at radius 1 is 1.08 bits per heavy atom. The molecule has 1 saturated heterocycles. The standard InChI is InChI=1S/C17H21ClN4O3/c18-12-2-1-3-14(10-12)21-6-8-22(9-7-21)15(23)11-19-16(24)17(25)20-13-4-5-13/h1-3,10,13H,4-9,11H2,(H,19,24)(H,20,25). The summed E-state index contributed by atoms with van der Waals surface area (Å²) in [6, 6.07) is 7.73. The maximum Gasteiger partial charge on any atom is 0.309 e. The summed E-state index contributed by atoms with van der Waals surface area (Å²) in [7, 11) is 0. The molecule has 3 rings (SSSR count). The van der Waals surface area contributed by atoms with Gasteiger partial charge in [-0.15, -0.1) is 0 Å². The Balaban J connectivity index is 1.42. The highest BCUT2D eigenvalue weighted by Crippen LogP contribution is 2.20. The van der Waals surface area contributed by atoms with Gasteiger partial charge in [-0.1, -0.05) is 17.7 Å². The molecule has 2 fully saturated rings. The van der Waals surface area contributed by atoms with Crippen molar-refractivity contribution < 1.29 is 14.4 Å². The first-order valence-corrected chi connectivity index (χ1v) is 8.78. The van der Waals surface area contributed by atoms with Gasteiger partial charge in [0.25, 0.3) is 0 Å². The minimum atomic E-state index is -0.752. The number of nitrogens with zero attached hydrogens (tertiary/aromatic N) is 2. The van der Waals surface area contributed by atoms with Crippen molar-refractivity contribution in [2.45, 2.75) is 18.9 Å². The number of piperazine rings is 1. The molecule has 7 nitrogen and oxygen atoms in total. The third-order valence-electron chi connectivity index (χ3n) is 4.32. The second kappa shape index (κ2) is 7.74. The predicted molar refractivity (Wildman–Crippen MR) is 94.4 cm³/mol. The van der Waals surface area contributed by atoms with E-state index >= 15 is 0 Å². The van der Waals surface area contributed by atoms with E-state index in [1.54, 1.807) is 4.90 Å². The predicted octanol–water partition coefficient (Wildman–Crippen LogP) is 0.383. The first-order valence-electron chi connectivity index (χ1n) is 8.40. The van der Waals surface area contributed by atoms with Crippen LogP contribution >= 0.6 is 11.6 Å². The number of benzene rings is 1. The van der Waals surface area contributed by atoms with Crippen molar-refractivity contribution in [3.8, 4) is 0 Å². The Hall–Kier alpha value is -2.28. The zero-order valence-corrected chi connectivity index (χ0v) is 14.6. The van der Waals surface area contributed by atoms with Crippen LogP contribution in [-0.4, -0.2) is 61.4 Å². The summed E-state index contributed by atoms with van der Waals surface area (Å²) in [4.78, 5) is 39.2. The van der Waals surface area contributed by atoms with E-state index in [-0.39, 0.29) is 18.5 Å². The second-order valence-corrected chi connectivity index (χ2v) is 6.71. The first kappa shape index (κ1) is 17.5. The van der Waals surface area contributed by atoms with Gasteiger partial charge in [-0.25, -0.2) is 0 Å². The zero-order valence-electron chi connectivity index (χ0n) is 13.8. The number of carbonyl (C=O) groups excluding carboxylic acids is 3. The molecule has 2 N–H and O–H groups in total. The van der Waals surface area contributed by atoms with Crippen LogP contribution in [0.2, 0.25) is 5.02 Å². The van der Waals surface area contributed by atoms with Crippen LogP contribution in [0.3, 0.4) is 0 Å². The first-order chi connectivity index (χ1) is 12.0. The summed E-state index contributed by atoms with van der Waals surface area (Å²) < 4.78 is 0. The fourth-order valence-electron chi connectivity index (χ4n) is 2.71. The molecule has 0 atom stereocenters. The van der Waals surface area contributed by atoms with Crippen LogP contribution < -0.4 is 15.5 Å². The van der Waals surface area contributed by atoms with Gasteiger partial charge in [-0.05, 0) is 31.0 Å². The van der Waals surface area contributed by atoms with Crippen LogP contribution in [-0.2, 0) is 14.4 Å². The number of nitrogens with one attached hydrogen (secondary N) is 2. The van der Waals surface area contributed by atoms with Gasteiger partial charge in [-0.3, -0.25) is 14.4 Å². The van der Waals surface area contributed by atoms with E-state index in [2.05, 4.69) is 15.5 Å².